The van der Waals surface area contributed by atoms with Crippen LogP contribution in [0, 0.1) is 0 Å². The summed E-state index contributed by atoms with van der Waals surface area (Å²) in [5, 5.41) is 9.13. The van der Waals surface area contributed by atoms with Crippen LogP contribution in [0.5, 0.6) is 0 Å². The lowest BCUT2D eigenvalue weighted by molar-refractivity contribution is -0.116. The van der Waals surface area contributed by atoms with Gasteiger partial charge in [0.1, 0.15) is 0 Å². The Morgan fingerprint density at radius 2 is 2.27 bits per heavy atom. The topological polar surface area (TPSA) is 82.1 Å². The molecule has 3 aromatic heterocycles. The Morgan fingerprint density at radius 1 is 1.38 bits per heavy atom. The monoisotopic (exact) mass is 370 g/mol. The standard InChI is InChI=1S/C18H18N4O3S/c23-16(8-7-14-3-2-12-26-14)19-9-10-21-18(24)22(13-5-6-13)17(20-21)15-4-1-11-25-15/h1-4,7-8,11-13H,5-6,9-10H2,(H,19,23)/b8-7+. The van der Waals surface area contributed by atoms with Crippen LogP contribution >= 0.6 is 11.3 Å². The molecule has 1 N–H and O–H groups in total. The Balaban J connectivity index is 1.41. The van der Waals surface area contributed by atoms with Crippen LogP contribution in [0.25, 0.3) is 17.7 Å². The highest BCUT2D eigenvalue weighted by Crippen LogP contribution is 2.36. The molecule has 0 bridgehead atoms. The number of nitrogens with zero attached hydrogens (tertiary/aromatic N) is 3. The molecule has 26 heavy (non-hydrogen) atoms. The number of rotatable bonds is 7. The van der Waals surface area contributed by atoms with Gasteiger partial charge in [-0.05, 0) is 42.5 Å². The number of thiophene rings is 1. The molecule has 1 amide bonds. The van der Waals surface area contributed by atoms with Crippen molar-refractivity contribution < 1.29 is 9.21 Å². The van der Waals surface area contributed by atoms with Crippen LogP contribution in [0.3, 0.4) is 0 Å². The maximum atomic E-state index is 12.6. The van der Waals surface area contributed by atoms with E-state index in [4.69, 9.17) is 4.42 Å². The van der Waals surface area contributed by atoms with Crippen LogP contribution in [-0.4, -0.2) is 26.8 Å². The smallest absolute Gasteiger partial charge is 0.346 e. The minimum absolute atomic E-state index is 0.165. The van der Waals surface area contributed by atoms with E-state index < -0.39 is 0 Å². The lowest BCUT2D eigenvalue weighted by Gasteiger charge is -2.01. The van der Waals surface area contributed by atoms with E-state index in [1.165, 1.54) is 10.8 Å². The van der Waals surface area contributed by atoms with E-state index in [1.807, 2.05) is 17.5 Å². The molecule has 0 saturated heterocycles. The Bertz CT molecular complexity index is 963. The average Bonchev–Trinajstić information content (AvgIpc) is 3.07. The van der Waals surface area contributed by atoms with Gasteiger partial charge in [-0.15, -0.1) is 16.4 Å². The lowest BCUT2D eigenvalue weighted by Crippen LogP contribution is -2.31. The number of aromatic nitrogens is 3. The predicted molar refractivity (Wildman–Crippen MR) is 98.8 cm³/mol. The van der Waals surface area contributed by atoms with Crippen molar-refractivity contribution in [3.63, 3.8) is 0 Å². The Labute approximate surface area is 153 Å². The molecule has 134 valence electrons. The minimum Gasteiger partial charge on any atom is -0.461 e. The first-order valence-corrected chi connectivity index (χ1v) is 9.33. The van der Waals surface area contributed by atoms with Crippen LogP contribution in [0.4, 0.5) is 0 Å². The van der Waals surface area contributed by atoms with Gasteiger partial charge in [0.25, 0.3) is 0 Å². The second kappa shape index (κ2) is 7.17. The van der Waals surface area contributed by atoms with Crippen molar-refractivity contribution in [1.29, 1.82) is 0 Å². The normalized spacial score (nSPS) is 14.2. The van der Waals surface area contributed by atoms with Gasteiger partial charge >= 0.3 is 5.69 Å². The SMILES string of the molecule is O=C(/C=C/c1cccs1)NCCn1nc(-c2ccco2)n(C2CC2)c1=O. The number of nitrogens with one attached hydrogen (secondary N) is 1. The summed E-state index contributed by atoms with van der Waals surface area (Å²) in [7, 11) is 0. The van der Waals surface area contributed by atoms with E-state index in [9.17, 15) is 9.59 Å². The Hall–Kier alpha value is -2.87. The van der Waals surface area contributed by atoms with Gasteiger partial charge in [0.05, 0.1) is 12.8 Å². The maximum Gasteiger partial charge on any atom is 0.346 e. The van der Waals surface area contributed by atoms with Gasteiger partial charge in [-0.3, -0.25) is 9.36 Å². The first kappa shape index (κ1) is 16.6. The molecule has 3 heterocycles. The molecule has 1 fully saturated rings. The summed E-state index contributed by atoms with van der Waals surface area (Å²) in [6.45, 7) is 0.637. The zero-order valence-electron chi connectivity index (χ0n) is 14.0. The van der Waals surface area contributed by atoms with Crippen LogP contribution < -0.4 is 11.0 Å². The molecule has 0 unspecified atom stereocenters. The van der Waals surface area contributed by atoms with Crippen molar-refractivity contribution in [3.05, 3.63) is 57.3 Å². The Kier molecular flexibility index (Phi) is 4.57. The molecule has 0 aromatic carbocycles. The number of hydrogen-bond acceptors (Lipinski definition) is 5. The van der Waals surface area contributed by atoms with E-state index in [1.54, 1.807) is 40.4 Å². The molecule has 0 spiro atoms. The van der Waals surface area contributed by atoms with Gasteiger partial charge in [-0.25, -0.2) is 9.48 Å². The van der Waals surface area contributed by atoms with Gasteiger partial charge < -0.3 is 9.73 Å². The van der Waals surface area contributed by atoms with E-state index in [0.717, 1.165) is 17.7 Å². The second-order valence-electron chi connectivity index (χ2n) is 6.05. The number of furan rings is 1. The molecular formula is C18H18N4O3S. The van der Waals surface area contributed by atoms with Crippen molar-refractivity contribution in [2.45, 2.75) is 25.4 Å². The molecule has 4 rings (SSSR count). The number of carbonyl (C=O) groups is 1. The van der Waals surface area contributed by atoms with E-state index >= 15 is 0 Å². The van der Waals surface area contributed by atoms with Gasteiger partial charge in [0.15, 0.2) is 5.76 Å². The van der Waals surface area contributed by atoms with Crippen LogP contribution in [0.2, 0.25) is 0 Å². The third-order valence-electron chi connectivity index (χ3n) is 4.09. The second-order valence-corrected chi connectivity index (χ2v) is 7.03. The fourth-order valence-corrected chi connectivity index (χ4v) is 3.31. The van der Waals surface area contributed by atoms with Gasteiger partial charge in [0.2, 0.25) is 11.7 Å². The quantitative estimate of drug-likeness (QED) is 0.648. The molecule has 8 heteroatoms. The van der Waals surface area contributed by atoms with E-state index in [-0.39, 0.29) is 17.6 Å². The van der Waals surface area contributed by atoms with Crippen LogP contribution in [0.1, 0.15) is 23.8 Å². The molecule has 1 aliphatic carbocycles. The molecule has 0 radical (unpaired) electrons. The van der Waals surface area contributed by atoms with Crippen molar-refractivity contribution in [1.82, 2.24) is 19.7 Å². The predicted octanol–water partition coefficient (Wildman–Crippen LogP) is 2.53. The average molecular weight is 370 g/mol. The summed E-state index contributed by atoms with van der Waals surface area (Å²) in [6, 6.07) is 7.63. The first-order valence-electron chi connectivity index (χ1n) is 8.45. The zero-order chi connectivity index (χ0) is 17.9. The fraction of sp³-hybridized carbons (Fsp3) is 0.278. The number of amides is 1. The number of hydrogen-bond donors (Lipinski definition) is 1. The summed E-state index contributed by atoms with van der Waals surface area (Å²) in [4.78, 5) is 25.5. The van der Waals surface area contributed by atoms with E-state index in [2.05, 4.69) is 10.4 Å². The maximum absolute atomic E-state index is 12.6. The van der Waals surface area contributed by atoms with Crippen molar-refractivity contribution in [2.75, 3.05) is 6.54 Å². The molecular weight excluding hydrogens is 352 g/mol. The summed E-state index contributed by atoms with van der Waals surface area (Å²) in [5.74, 6) is 0.932. The van der Waals surface area contributed by atoms with Crippen molar-refractivity contribution in [2.24, 2.45) is 0 Å². The molecule has 1 aliphatic rings. The highest BCUT2D eigenvalue weighted by atomic mass is 32.1. The van der Waals surface area contributed by atoms with Crippen molar-refractivity contribution in [3.8, 4) is 11.6 Å². The first-order chi connectivity index (χ1) is 12.7. The lowest BCUT2D eigenvalue weighted by atomic mass is 10.4. The Morgan fingerprint density at radius 3 is 2.96 bits per heavy atom. The summed E-state index contributed by atoms with van der Waals surface area (Å²) >= 11 is 1.57. The van der Waals surface area contributed by atoms with Crippen molar-refractivity contribution >= 4 is 23.3 Å². The molecule has 0 aliphatic heterocycles. The van der Waals surface area contributed by atoms with Crippen LogP contribution in [0.15, 0.2) is 51.2 Å². The van der Waals surface area contributed by atoms with E-state index in [0.29, 0.717) is 24.7 Å². The highest BCUT2D eigenvalue weighted by molar-refractivity contribution is 7.10. The minimum atomic E-state index is -0.195. The molecule has 0 atom stereocenters. The summed E-state index contributed by atoms with van der Waals surface area (Å²) in [5.41, 5.74) is -0.165. The summed E-state index contributed by atoms with van der Waals surface area (Å²) < 4.78 is 8.48. The highest BCUT2D eigenvalue weighted by Gasteiger charge is 2.31. The number of carbonyl (C=O) groups excluding carboxylic acids is 1. The molecule has 7 nitrogen and oxygen atoms in total. The summed E-state index contributed by atoms with van der Waals surface area (Å²) in [6.07, 6.45) is 6.78. The fourth-order valence-electron chi connectivity index (χ4n) is 2.69. The van der Waals surface area contributed by atoms with Gasteiger partial charge in [-0.1, -0.05) is 6.07 Å². The third kappa shape index (κ3) is 3.55. The molecule has 1 saturated carbocycles. The largest absolute Gasteiger partial charge is 0.461 e. The van der Waals surface area contributed by atoms with Gasteiger partial charge in [0, 0.05) is 23.5 Å². The van der Waals surface area contributed by atoms with Gasteiger partial charge in [-0.2, -0.15) is 0 Å². The zero-order valence-corrected chi connectivity index (χ0v) is 14.8. The molecule has 3 aromatic rings. The third-order valence-corrected chi connectivity index (χ3v) is 4.93. The van der Waals surface area contributed by atoms with Crippen LogP contribution in [-0.2, 0) is 11.3 Å².